The molecular formula is C20H26N4O5S. The summed E-state index contributed by atoms with van der Waals surface area (Å²) in [4.78, 5) is 19.5. The molecule has 0 aromatic carbocycles. The monoisotopic (exact) mass is 434 g/mol. The number of nitrogens with zero attached hydrogens (tertiary/aromatic N) is 3. The molecule has 0 saturated carbocycles. The number of sulfone groups is 1. The molecule has 3 fully saturated rings. The summed E-state index contributed by atoms with van der Waals surface area (Å²) in [6.45, 7) is 5.19. The minimum Gasteiger partial charge on any atom is -0.370 e. The minimum atomic E-state index is -2.97. The van der Waals surface area contributed by atoms with Crippen LogP contribution in [0.25, 0.3) is 5.65 Å². The maximum Gasteiger partial charge on any atom is 0.249 e. The van der Waals surface area contributed by atoms with E-state index in [1.165, 1.54) is 0 Å². The van der Waals surface area contributed by atoms with E-state index in [1.54, 1.807) is 0 Å². The van der Waals surface area contributed by atoms with Crippen molar-refractivity contribution < 1.29 is 22.7 Å². The molecule has 1 amide bonds. The number of pyridine rings is 1. The highest BCUT2D eigenvalue weighted by Crippen LogP contribution is 2.32. The Morgan fingerprint density at radius 1 is 1.37 bits per heavy atom. The van der Waals surface area contributed by atoms with Crippen LogP contribution in [0.4, 0.5) is 0 Å². The SMILES string of the molecule is Cc1nc2ccccn2c1CN1CCO[C@@]2(CO[C@@H](C(=O)NC3CS(=O)(=O)C3)C2)C1. The topological polar surface area (TPSA) is 102 Å². The van der Waals surface area contributed by atoms with Crippen molar-refractivity contribution in [1.29, 1.82) is 0 Å². The van der Waals surface area contributed by atoms with E-state index < -0.39 is 21.5 Å². The molecule has 5 rings (SSSR count). The molecule has 3 saturated heterocycles. The fourth-order valence-corrected chi connectivity index (χ4v) is 5.95. The maximum atomic E-state index is 12.5. The molecule has 0 radical (unpaired) electrons. The molecule has 2 atom stereocenters. The summed E-state index contributed by atoms with van der Waals surface area (Å²) in [6, 6.07) is 5.68. The molecule has 5 heterocycles. The summed E-state index contributed by atoms with van der Waals surface area (Å²) in [5.41, 5.74) is 2.59. The zero-order valence-corrected chi connectivity index (χ0v) is 17.7. The van der Waals surface area contributed by atoms with E-state index >= 15 is 0 Å². The number of fused-ring (bicyclic) bond motifs is 1. The van der Waals surface area contributed by atoms with Crippen molar-refractivity contribution in [2.45, 2.75) is 37.6 Å². The van der Waals surface area contributed by atoms with E-state index in [0.717, 1.165) is 30.1 Å². The summed E-state index contributed by atoms with van der Waals surface area (Å²) in [6.07, 6.45) is 1.90. The Balaban J connectivity index is 1.23. The Bertz CT molecular complexity index is 1070. The largest absolute Gasteiger partial charge is 0.370 e. The number of carbonyl (C=O) groups is 1. The lowest BCUT2D eigenvalue weighted by Gasteiger charge is -2.39. The number of nitrogens with one attached hydrogen (secondary N) is 1. The normalized spacial score (nSPS) is 29.3. The van der Waals surface area contributed by atoms with Crippen LogP contribution in [0.5, 0.6) is 0 Å². The molecular weight excluding hydrogens is 408 g/mol. The molecule has 30 heavy (non-hydrogen) atoms. The molecule has 10 heteroatoms. The van der Waals surface area contributed by atoms with Crippen molar-refractivity contribution >= 4 is 21.4 Å². The van der Waals surface area contributed by atoms with Crippen LogP contribution in [0.2, 0.25) is 0 Å². The first-order valence-corrected chi connectivity index (χ1v) is 12.1. The lowest BCUT2D eigenvalue weighted by molar-refractivity contribution is -0.130. The van der Waals surface area contributed by atoms with Gasteiger partial charge in [-0.05, 0) is 19.1 Å². The predicted molar refractivity (Wildman–Crippen MR) is 109 cm³/mol. The highest BCUT2D eigenvalue weighted by atomic mass is 32.2. The third-order valence-electron chi connectivity index (χ3n) is 6.18. The van der Waals surface area contributed by atoms with Crippen molar-refractivity contribution in [2.75, 3.05) is 37.8 Å². The third kappa shape index (κ3) is 3.73. The number of imidazole rings is 1. The highest BCUT2D eigenvalue weighted by molar-refractivity contribution is 7.92. The second-order valence-corrected chi connectivity index (χ2v) is 10.8. The maximum absolute atomic E-state index is 12.5. The Labute approximate surface area is 175 Å². The number of amides is 1. The van der Waals surface area contributed by atoms with Crippen LogP contribution in [0.3, 0.4) is 0 Å². The summed E-state index contributed by atoms with van der Waals surface area (Å²) in [5.74, 6) is -0.218. The van der Waals surface area contributed by atoms with Gasteiger partial charge in [-0.2, -0.15) is 0 Å². The Morgan fingerprint density at radius 3 is 3.00 bits per heavy atom. The molecule has 0 bridgehead atoms. The Morgan fingerprint density at radius 2 is 2.20 bits per heavy atom. The minimum absolute atomic E-state index is 0.0134. The quantitative estimate of drug-likeness (QED) is 0.718. The van der Waals surface area contributed by atoms with Crippen LogP contribution in [0, 0.1) is 6.92 Å². The molecule has 2 aromatic rings. The molecule has 2 aromatic heterocycles. The van der Waals surface area contributed by atoms with Crippen LogP contribution in [-0.4, -0.2) is 84.2 Å². The van der Waals surface area contributed by atoms with Gasteiger partial charge >= 0.3 is 0 Å². The molecule has 3 aliphatic heterocycles. The number of hydrogen-bond donors (Lipinski definition) is 1. The third-order valence-corrected chi connectivity index (χ3v) is 8.00. The first-order valence-electron chi connectivity index (χ1n) is 10.2. The lowest BCUT2D eigenvalue weighted by Crippen LogP contribution is -2.55. The second-order valence-electron chi connectivity index (χ2n) is 8.60. The number of aryl methyl sites for hydroxylation is 1. The lowest BCUT2D eigenvalue weighted by atomic mass is 9.97. The Hall–Kier alpha value is -2.01. The summed E-state index contributed by atoms with van der Waals surface area (Å²) >= 11 is 0. The molecule has 3 aliphatic rings. The first-order chi connectivity index (χ1) is 14.3. The number of aromatic nitrogens is 2. The van der Waals surface area contributed by atoms with E-state index in [2.05, 4.69) is 19.6 Å². The van der Waals surface area contributed by atoms with E-state index in [9.17, 15) is 13.2 Å². The predicted octanol–water partition coefficient (Wildman–Crippen LogP) is -0.0842. The summed E-state index contributed by atoms with van der Waals surface area (Å²) in [7, 11) is -2.97. The van der Waals surface area contributed by atoms with Crippen molar-refractivity contribution in [3.63, 3.8) is 0 Å². The van der Waals surface area contributed by atoms with E-state index in [4.69, 9.17) is 9.47 Å². The van der Waals surface area contributed by atoms with Gasteiger partial charge in [0.2, 0.25) is 5.91 Å². The number of hydrogen-bond acceptors (Lipinski definition) is 7. The average Bonchev–Trinajstić information content (AvgIpc) is 3.22. The molecule has 9 nitrogen and oxygen atoms in total. The van der Waals surface area contributed by atoms with Gasteiger partial charge in [0.1, 0.15) is 17.4 Å². The summed E-state index contributed by atoms with van der Waals surface area (Å²) in [5, 5.41) is 2.79. The van der Waals surface area contributed by atoms with Gasteiger partial charge in [-0.3, -0.25) is 9.69 Å². The van der Waals surface area contributed by atoms with Gasteiger partial charge in [-0.25, -0.2) is 13.4 Å². The Kier molecular flexibility index (Phi) is 4.85. The standard InChI is InChI=1S/C20H26N4O5S/c1-14-16(24-5-3-2-4-18(24)21-14)9-23-6-7-29-20(12-23)8-17(28-13-20)19(25)22-15-10-30(26,27)11-15/h2-5,15,17H,6-13H2,1H3,(H,22,25)/t17-,20-/m1/s1. The number of morpholine rings is 1. The number of rotatable bonds is 4. The molecule has 1 N–H and O–H groups in total. The van der Waals surface area contributed by atoms with Crippen molar-refractivity contribution in [3.05, 3.63) is 35.8 Å². The van der Waals surface area contributed by atoms with Crippen molar-refractivity contribution in [1.82, 2.24) is 19.6 Å². The van der Waals surface area contributed by atoms with E-state index in [1.807, 2.05) is 31.3 Å². The van der Waals surface area contributed by atoms with Gasteiger partial charge in [0.15, 0.2) is 9.84 Å². The number of ether oxygens (including phenoxy) is 2. The van der Waals surface area contributed by atoms with Crippen LogP contribution >= 0.6 is 0 Å². The van der Waals surface area contributed by atoms with Gasteiger partial charge in [0.25, 0.3) is 0 Å². The molecule has 162 valence electrons. The molecule has 1 spiro atoms. The van der Waals surface area contributed by atoms with Gasteiger partial charge in [-0.15, -0.1) is 0 Å². The first kappa shape index (κ1) is 19.9. The number of carbonyl (C=O) groups excluding carboxylic acids is 1. The van der Waals surface area contributed by atoms with Gasteiger partial charge in [-0.1, -0.05) is 6.07 Å². The smallest absolute Gasteiger partial charge is 0.249 e. The van der Waals surface area contributed by atoms with E-state index in [-0.39, 0.29) is 23.5 Å². The van der Waals surface area contributed by atoms with Gasteiger partial charge in [0.05, 0.1) is 42.1 Å². The van der Waals surface area contributed by atoms with Gasteiger partial charge < -0.3 is 19.2 Å². The average molecular weight is 435 g/mol. The van der Waals surface area contributed by atoms with Crippen LogP contribution < -0.4 is 5.32 Å². The zero-order valence-electron chi connectivity index (χ0n) is 16.9. The van der Waals surface area contributed by atoms with Crippen LogP contribution in [-0.2, 0) is 30.7 Å². The van der Waals surface area contributed by atoms with Crippen LogP contribution in [0.1, 0.15) is 17.8 Å². The highest BCUT2D eigenvalue weighted by Gasteiger charge is 2.48. The fourth-order valence-electron chi connectivity index (χ4n) is 4.65. The second kappa shape index (κ2) is 7.30. The zero-order chi connectivity index (χ0) is 20.9. The molecule has 0 aliphatic carbocycles. The van der Waals surface area contributed by atoms with Crippen molar-refractivity contribution in [3.8, 4) is 0 Å². The summed E-state index contributed by atoms with van der Waals surface area (Å²) < 4.78 is 36.6. The van der Waals surface area contributed by atoms with Gasteiger partial charge in [0, 0.05) is 32.3 Å². The fraction of sp³-hybridized carbons (Fsp3) is 0.600. The van der Waals surface area contributed by atoms with Crippen molar-refractivity contribution in [2.24, 2.45) is 0 Å². The van der Waals surface area contributed by atoms with Crippen LogP contribution in [0.15, 0.2) is 24.4 Å². The molecule has 0 unspecified atom stereocenters. The van der Waals surface area contributed by atoms with E-state index in [0.29, 0.717) is 26.2 Å².